The lowest BCUT2D eigenvalue weighted by atomic mass is 9.87. The summed E-state index contributed by atoms with van der Waals surface area (Å²) in [7, 11) is 0. The molecule has 0 fully saturated rings. The molecule has 0 atom stereocenters. The van der Waals surface area contributed by atoms with Crippen LogP contribution in [0.4, 0.5) is 0 Å². The Labute approximate surface area is 64.7 Å². The first-order chi connectivity index (χ1) is 5.13. The highest BCUT2D eigenvalue weighted by Gasteiger charge is 2.38. The average Bonchev–Trinajstić information content (AvgIpc) is 2.00. The van der Waals surface area contributed by atoms with E-state index < -0.39 is 11.4 Å². The number of carbonyl (C=O) groups is 1. The molecule has 58 valence electrons. The highest BCUT2D eigenvalue weighted by molar-refractivity contribution is 5.81. The van der Waals surface area contributed by atoms with E-state index in [0.717, 1.165) is 0 Å². The summed E-state index contributed by atoms with van der Waals surface area (Å²) in [5.74, 6) is -1.36. The van der Waals surface area contributed by atoms with Crippen molar-refractivity contribution >= 4 is 5.97 Å². The van der Waals surface area contributed by atoms with Gasteiger partial charge in [0, 0.05) is 0 Å². The molecule has 4 nitrogen and oxygen atoms in total. The number of nitrogens with zero attached hydrogens (tertiary/aromatic N) is 2. The Morgan fingerprint density at radius 1 is 1.55 bits per heavy atom. The molecular weight excluding hydrogens is 144 g/mol. The lowest BCUT2D eigenvalue weighted by Crippen LogP contribution is -2.27. The van der Waals surface area contributed by atoms with Crippen molar-refractivity contribution in [2.24, 2.45) is 5.41 Å². The third-order valence-corrected chi connectivity index (χ3v) is 1.37. The van der Waals surface area contributed by atoms with Gasteiger partial charge in [-0.2, -0.15) is 10.5 Å². The summed E-state index contributed by atoms with van der Waals surface area (Å²) in [5, 5.41) is 25.4. The molecule has 0 saturated carbocycles. The van der Waals surface area contributed by atoms with Crippen molar-refractivity contribution in [3.8, 4) is 12.1 Å². The van der Waals surface area contributed by atoms with Gasteiger partial charge in [-0.05, 0) is 6.42 Å². The molecule has 0 bridgehead atoms. The van der Waals surface area contributed by atoms with E-state index in [-0.39, 0.29) is 6.42 Å². The number of carboxylic acid groups (broad SMARTS) is 1. The second kappa shape index (κ2) is 3.58. The fraction of sp³-hybridized carbons (Fsp3) is 0.571. The zero-order valence-electron chi connectivity index (χ0n) is 6.16. The largest absolute Gasteiger partial charge is 0.479 e. The molecule has 0 rings (SSSR count). The first kappa shape index (κ1) is 9.45. The Kier molecular flexibility index (Phi) is 3.07. The van der Waals surface area contributed by atoms with E-state index in [2.05, 4.69) is 0 Å². The van der Waals surface area contributed by atoms with E-state index in [1.807, 2.05) is 0 Å². The van der Waals surface area contributed by atoms with Crippen molar-refractivity contribution in [3.05, 3.63) is 0 Å². The van der Waals surface area contributed by atoms with Crippen LogP contribution >= 0.6 is 0 Å². The molecule has 0 aromatic heterocycles. The Morgan fingerprint density at radius 3 is 2.09 bits per heavy atom. The van der Waals surface area contributed by atoms with Gasteiger partial charge >= 0.3 is 5.97 Å². The highest BCUT2D eigenvalue weighted by atomic mass is 16.4. The van der Waals surface area contributed by atoms with Gasteiger partial charge < -0.3 is 5.11 Å². The van der Waals surface area contributed by atoms with E-state index >= 15 is 0 Å². The molecular formula is C7H8N2O2. The number of aliphatic carboxylic acids is 1. The molecule has 0 aromatic carbocycles. The third kappa shape index (κ3) is 1.68. The van der Waals surface area contributed by atoms with Crippen LogP contribution in [0.1, 0.15) is 19.8 Å². The fourth-order valence-electron chi connectivity index (χ4n) is 0.714. The van der Waals surface area contributed by atoms with Gasteiger partial charge in [0.25, 0.3) is 0 Å². The van der Waals surface area contributed by atoms with Crippen LogP contribution < -0.4 is 0 Å². The second-order valence-corrected chi connectivity index (χ2v) is 2.18. The summed E-state index contributed by atoms with van der Waals surface area (Å²) < 4.78 is 0. The van der Waals surface area contributed by atoms with Crippen LogP contribution in [0, 0.1) is 28.1 Å². The Hall–Kier alpha value is -1.55. The first-order valence-electron chi connectivity index (χ1n) is 3.19. The van der Waals surface area contributed by atoms with E-state index in [4.69, 9.17) is 15.6 Å². The van der Waals surface area contributed by atoms with Crippen molar-refractivity contribution < 1.29 is 9.90 Å². The topological polar surface area (TPSA) is 84.9 Å². The number of carboxylic acids is 1. The van der Waals surface area contributed by atoms with Gasteiger partial charge in [-0.25, -0.2) is 4.79 Å². The Bertz CT molecular complexity index is 220. The smallest absolute Gasteiger partial charge is 0.338 e. The monoisotopic (exact) mass is 152 g/mol. The minimum atomic E-state index is -1.84. The minimum absolute atomic E-state index is 0.0787. The van der Waals surface area contributed by atoms with Gasteiger partial charge in [0.2, 0.25) is 5.41 Å². The summed E-state index contributed by atoms with van der Waals surface area (Å²) >= 11 is 0. The molecule has 1 N–H and O–H groups in total. The van der Waals surface area contributed by atoms with E-state index in [0.29, 0.717) is 6.42 Å². The number of nitriles is 2. The molecule has 0 aromatic rings. The predicted octanol–water partition coefficient (Wildman–Crippen LogP) is 0.905. The van der Waals surface area contributed by atoms with Crippen LogP contribution in [-0.2, 0) is 4.79 Å². The van der Waals surface area contributed by atoms with Crippen LogP contribution in [0.15, 0.2) is 0 Å². The van der Waals surface area contributed by atoms with Gasteiger partial charge in [0.05, 0.1) is 12.1 Å². The van der Waals surface area contributed by atoms with E-state index in [1.54, 1.807) is 6.92 Å². The van der Waals surface area contributed by atoms with Crippen LogP contribution in [0.3, 0.4) is 0 Å². The lowest BCUT2D eigenvalue weighted by Gasteiger charge is -2.09. The molecule has 0 aliphatic carbocycles. The molecule has 0 aliphatic rings. The van der Waals surface area contributed by atoms with Crippen molar-refractivity contribution in [2.75, 3.05) is 0 Å². The number of hydrogen-bond donors (Lipinski definition) is 1. The zero-order chi connectivity index (χ0) is 8.91. The zero-order valence-corrected chi connectivity index (χ0v) is 6.16. The predicted molar refractivity (Wildman–Crippen MR) is 36.2 cm³/mol. The maximum absolute atomic E-state index is 10.4. The van der Waals surface area contributed by atoms with E-state index in [1.165, 1.54) is 12.1 Å². The maximum Gasteiger partial charge on any atom is 0.338 e. The molecule has 0 spiro atoms. The second-order valence-electron chi connectivity index (χ2n) is 2.18. The Morgan fingerprint density at radius 2 is 2.00 bits per heavy atom. The minimum Gasteiger partial charge on any atom is -0.479 e. The van der Waals surface area contributed by atoms with Crippen molar-refractivity contribution in [2.45, 2.75) is 19.8 Å². The van der Waals surface area contributed by atoms with Gasteiger partial charge in [-0.3, -0.25) is 0 Å². The summed E-state index contributed by atoms with van der Waals surface area (Å²) in [5.41, 5.74) is -1.84. The first-order valence-corrected chi connectivity index (χ1v) is 3.19. The molecule has 11 heavy (non-hydrogen) atoms. The summed E-state index contributed by atoms with van der Waals surface area (Å²) in [4.78, 5) is 10.4. The van der Waals surface area contributed by atoms with Gasteiger partial charge in [-0.15, -0.1) is 0 Å². The van der Waals surface area contributed by atoms with Crippen molar-refractivity contribution in [1.29, 1.82) is 10.5 Å². The SMILES string of the molecule is CCCC(C#N)(C#N)C(=O)O. The molecule has 0 saturated heterocycles. The van der Waals surface area contributed by atoms with Crippen LogP contribution in [0.25, 0.3) is 0 Å². The molecule has 4 heteroatoms. The molecule has 0 heterocycles. The van der Waals surface area contributed by atoms with Crippen molar-refractivity contribution in [3.63, 3.8) is 0 Å². The molecule has 0 amide bonds. The van der Waals surface area contributed by atoms with Crippen LogP contribution in [-0.4, -0.2) is 11.1 Å². The summed E-state index contributed by atoms with van der Waals surface area (Å²) in [6, 6.07) is 3.01. The third-order valence-electron chi connectivity index (χ3n) is 1.37. The normalized spacial score (nSPS) is 9.73. The Balaban J connectivity index is 4.69. The number of hydrogen-bond acceptors (Lipinski definition) is 3. The molecule has 0 radical (unpaired) electrons. The molecule has 0 unspecified atom stereocenters. The fourth-order valence-corrected chi connectivity index (χ4v) is 0.714. The van der Waals surface area contributed by atoms with Crippen LogP contribution in [0.2, 0.25) is 0 Å². The van der Waals surface area contributed by atoms with Crippen LogP contribution in [0.5, 0.6) is 0 Å². The standard InChI is InChI=1S/C7H8N2O2/c1-2-3-7(4-8,5-9)6(10)11/h2-3H2,1H3,(H,10,11). The highest BCUT2D eigenvalue weighted by Crippen LogP contribution is 2.21. The van der Waals surface area contributed by atoms with Gasteiger partial charge in [0.1, 0.15) is 0 Å². The summed E-state index contributed by atoms with van der Waals surface area (Å²) in [6.45, 7) is 1.73. The summed E-state index contributed by atoms with van der Waals surface area (Å²) in [6.07, 6.45) is 0.586. The van der Waals surface area contributed by atoms with Gasteiger partial charge in [-0.1, -0.05) is 13.3 Å². The van der Waals surface area contributed by atoms with Gasteiger partial charge in [0.15, 0.2) is 0 Å². The quantitative estimate of drug-likeness (QED) is 0.651. The van der Waals surface area contributed by atoms with E-state index in [9.17, 15) is 4.79 Å². The maximum atomic E-state index is 10.4. The number of rotatable bonds is 3. The van der Waals surface area contributed by atoms with Crippen molar-refractivity contribution in [1.82, 2.24) is 0 Å². The lowest BCUT2D eigenvalue weighted by molar-refractivity contribution is -0.143. The average molecular weight is 152 g/mol. The molecule has 0 aliphatic heterocycles.